The maximum absolute atomic E-state index is 14.4. The number of aryl methyl sites for hydroxylation is 1. The molecule has 2 aromatic carbocycles. The Morgan fingerprint density at radius 3 is 2.10 bits per heavy atom. The van der Waals surface area contributed by atoms with Crippen LogP contribution in [0.5, 0.6) is 11.5 Å². The number of phenolic OH excluding ortho intramolecular Hbond substituents is 2. The van der Waals surface area contributed by atoms with E-state index in [1.54, 1.807) is 72.7 Å². The highest BCUT2D eigenvalue weighted by molar-refractivity contribution is 5.94. The summed E-state index contributed by atoms with van der Waals surface area (Å²) in [5.74, 6) is -2.24. The van der Waals surface area contributed by atoms with Crippen molar-refractivity contribution in [3.05, 3.63) is 59.2 Å². The monoisotopic (exact) mass is 571 g/mol. The number of para-hydroxylation sites is 1. The van der Waals surface area contributed by atoms with Crippen LogP contribution in [0, 0.1) is 6.92 Å². The average molecular weight is 572 g/mol. The van der Waals surface area contributed by atoms with Crippen LogP contribution in [-0.2, 0) is 30.3 Å². The zero-order valence-corrected chi connectivity index (χ0v) is 24.9. The van der Waals surface area contributed by atoms with Crippen molar-refractivity contribution < 1.29 is 38.9 Å². The molecule has 0 radical (unpaired) electrons. The fourth-order valence-corrected chi connectivity index (χ4v) is 4.16. The van der Waals surface area contributed by atoms with Gasteiger partial charge >= 0.3 is 12.1 Å². The average Bonchev–Trinajstić information content (AvgIpc) is 2.86. The van der Waals surface area contributed by atoms with Gasteiger partial charge < -0.3 is 35.2 Å². The van der Waals surface area contributed by atoms with Crippen molar-refractivity contribution in [2.24, 2.45) is 0 Å². The molecular weight excluding hydrogens is 530 g/mol. The van der Waals surface area contributed by atoms with Gasteiger partial charge in [0.2, 0.25) is 11.8 Å². The molecule has 0 aliphatic carbocycles. The van der Waals surface area contributed by atoms with Crippen molar-refractivity contribution in [1.82, 2.24) is 15.5 Å². The van der Waals surface area contributed by atoms with E-state index in [4.69, 9.17) is 4.74 Å². The van der Waals surface area contributed by atoms with Gasteiger partial charge in [-0.3, -0.25) is 14.4 Å². The molecular formula is C30H41N3O8. The number of ether oxygens (including phenoxy) is 2. The molecule has 0 bridgehead atoms. The first-order valence-corrected chi connectivity index (χ1v) is 13.2. The molecule has 11 heteroatoms. The summed E-state index contributed by atoms with van der Waals surface area (Å²) in [6.45, 7) is 11.4. The van der Waals surface area contributed by atoms with Gasteiger partial charge in [-0.05, 0) is 71.7 Å². The van der Waals surface area contributed by atoms with Gasteiger partial charge in [0.25, 0.3) is 0 Å². The summed E-state index contributed by atoms with van der Waals surface area (Å²) < 4.78 is 10.1. The molecule has 0 spiro atoms. The highest BCUT2D eigenvalue weighted by Gasteiger charge is 2.43. The van der Waals surface area contributed by atoms with Crippen molar-refractivity contribution in [2.75, 3.05) is 13.7 Å². The number of alkyl carbamates (subject to hydrolysis) is 1. The third-order valence-electron chi connectivity index (χ3n) is 6.03. The summed E-state index contributed by atoms with van der Waals surface area (Å²) in [7, 11) is 1.18. The molecule has 3 amide bonds. The van der Waals surface area contributed by atoms with E-state index in [0.717, 1.165) is 0 Å². The fraction of sp³-hybridized carbons (Fsp3) is 0.467. The van der Waals surface area contributed by atoms with Gasteiger partial charge in [-0.2, -0.15) is 0 Å². The molecule has 4 N–H and O–H groups in total. The molecule has 0 aromatic heterocycles. The number of phenols is 2. The molecule has 2 atom stereocenters. The highest BCUT2D eigenvalue weighted by atomic mass is 16.6. The van der Waals surface area contributed by atoms with Crippen LogP contribution in [0.1, 0.15) is 64.3 Å². The Morgan fingerprint density at radius 2 is 1.56 bits per heavy atom. The van der Waals surface area contributed by atoms with E-state index in [2.05, 4.69) is 15.4 Å². The number of hydrogen-bond donors (Lipinski definition) is 4. The van der Waals surface area contributed by atoms with E-state index in [0.29, 0.717) is 11.1 Å². The van der Waals surface area contributed by atoms with Gasteiger partial charge in [-0.25, -0.2) is 4.79 Å². The van der Waals surface area contributed by atoms with Crippen LogP contribution in [0.2, 0.25) is 0 Å². The lowest BCUT2D eigenvalue weighted by Gasteiger charge is -2.43. The topological polar surface area (TPSA) is 154 Å². The maximum Gasteiger partial charge on any atom is 0.408 e. The lowest BCUT2D eigenvalue weighted by Crippen LogP contribution is -2.59. The van der Waals surface area contributed by atoms with Crippen LogP contribution in [-0.4, -0.2) is 69.8 Å². The predicted molar refractivity (Wildman–Crippen MR) is 152 cm³/mol. The van der Waals surface area contributed by atoms with Gasteiger partial charge in [0.1, 0.15) is 35.7 Å². The number of nitrogens with one attached hydrogen (secondary N) is 2. The minimum atomic E-state index is -1.39. The predicted octanol–water partition coefficient (Wildman–Crippen LogP) is 3.50. The van der Waals surface area contributed by atoms with Gasteiger partial charge in [-0.15, -0.1) is 0 Å². The first-order chi connectivity index (χ1) is 18.9. The summed E-state index contributed by atoms with van der Waals surface area (Å²) in [6, 6.07) is 8.35. The largest absolute Gasteiger partial charge is 0.508 e. The molecule has 0 aliphatic rings. The number of aromatic hydroxyl groups is 2. The minimum Gasteiger partial charge on any atom is -0.508 e. The van der Waals surface area contributed by atoms with E-state index < -0.39 is 53.6 Å². The minimum absolute atomic E-state index is 0.00123. The summed E-state index contributed by atoms with van der Waals surface area (Å²) in [5.41, 5.74) is -0.637. The molecule has 0 saturated carbocycles. The molecule has 224 valence electrons. The van der Waals surface area contributed by atoms with E-state index in [1.807, 2.05) is 0 Å². The number of esters is 1. The van der Waals surface area contributed by atoms with Crippen molar-refractivity contribution in [1.29, 1.82) is 0 Å². The number of hydrogen-bond acceptors (Lipinski definition) is 8. The Bertz CT molecular complexity index is 1250. The van der Waals surface area contributed by atoms with E-state index >= 15 is 0 Å². The summed E-state index contributed by atoms with van der Waals surface area (Å²) >= 11 is 0. The van der Waals surface area contributed by atoms with Crippen LogP contribution in [0.4, 0.5) is 4.79 Å². The lowest BCUT2D eigenvalue weighted by molar-refractivity contribution is -0.149. The number of carbonyl (C=O) groups excluding carboxylic acids is 4. The summed E-state index contributed by atoms with van der Waals surface area (Å²) in [4.78, 5) is 54.1. The van der Waals surface area contributed by atoms with Crippen LogP contribution in [0.15, 0.2) is 42.5 Å². The Morgan fingerprint density at radius 1 is 0.951 bits per heavy atom. The molecule has 2 rings (SSSR count). The van der Waals surface area contributed by atoms with Crippen LogP contribution in [0.3, 0.4) is 0 Å². The first-order valence-electron chi connectivity index (χ1n) is 13.2. The quantitative estimate of drug-likeness (QED) is 0.334. The zero-order chi connectivity index (χ0) is 31.1. The first kappa shape index (κ1) is 32.9. The smallest absolute Gasteiger partial charge is 0.408 e. The number of rotatable bonds is 9. The molecule has 11 nitrogen and oxygen atoms in total. The number of amides is 3. The number of benzene rings is 2. The Labute approximate surface area is 240 Å². The SMILES string of the molecule is COC(=O)CNC(=O)C(c1cccc(C)c1O)N(C(=O)C(Cc1ccc(O)cc1)NC(=O)OC(C)(C)C)C(C)(C)C. The molecule has 0 fully saturated rings. The fourth-order valence-electron chi connectivity index (χ4n) is 4.16. The second kappa shape index (κ2) is 13.4. The Hall–Kier alpha value is -4.28. The molecule has 0 saturated heterocycles. The van der Waals surface area contributed by atoms with Crippen molar-refractivity contribution >= 4 is 23.9 Å². The van der Waals surface area contributed by atoms with E-state index in [9.17, 15) is 29.4 Å². The van der Waals surface area contributed by atoms with Crippen LogP contribution < -0.4 is 10.6 Å². The number of methoxy groups -OCH3 is 1. The molecule has 2 unspecified atom stereocenters. The molecule has 41 heavy (non-hydrogen) atoms. The standard InChI is InChI=1S/C30H41N3O8/c1-18-10-9-11-21(25(18)36)24(26(37)31-17-23(35)40-8)33(29(2,3)4)27(38)22(32-28(39)41-30(5,6)7)16-19-12-14-20(34)15-13-19/h9-15,22,24,34,36H,16-17H2,1-8H3,(H,31,37)(H,32,39). The van der Waals surface area contributed by atoms with E-state index in [-0.39, 0.29) is 23.5 Å². The second-order valence-corrected chi connectivity index (χ2v) is 11.7. The molecule has 2 aromatic rings. The third-order valence-corrected chi connectivity index (χ3v) is 6.03. The number of carbonyl (C=O) groups is 4. The zero-order valence-electron chi connectivity index (χ0n) is 24.9. The Balaban J connectivity index is 2.66. The second-order valence-electron chi connectivity index (χ2n) is 11.7. The van der Waals surface area contributed by atoms with Crippen molar-refractivity contribution in [2.45, 2.75) is 78.1 Å². The Kier molecular flexibility index (Phi) is 10.7. The normalized spacial score (nSPS) is 13.0. The maximum atomic E-state index is 14.4. The highest BCUT2D eigenvalue weighted by Crippen LogP contribution is 2.36. The summed E-state index contributed by atoms with van der Waals surface area (Å²) in [6.07, 6.45) is -0.838. The van der Waals surface area contributed by atoms with Crippen LogP contribution >= 0.6 is 0 Å². The molecule has 0 heterocycles. The third kappa shape index (κ3) is 9.40. The van der Waals surface area contributed by atoms with Gasteiger partial charge in [0.15, 0.2) is 0 Å². The van der Waals surface area contributed by atoms with Crippen molar-refractivity contribution in [3.8, 4) is 11.5 Å². The van der Waals surface area contributed by atoms with Gasteiger partial charge in [-0.1, -0.05) is 30.3 Å². The van der Waals surface area contributed by atoms with Crippen LogP contribution in [0.25, 0.3) is 0 Å². The van der Waals surface area contributed by atoms with Crippen molar-refractivity contribution in [3.63, 3.8) is 0 Å². The van der Waals surface area contributed by atoms with E-state index in [1.165, 1.54) is 30.2 Å². The lowest BCUT2D eigenvalue weighted by atomic mass is 9.93. The van der Waals surface area contributed by atoms with Gasteiger partial charge in [0, 0.05) is 17.5 Å². The molecule has 0 aliphatic heterocycles. The number of nitrogens with zero attached hydrogens (tertiary/aromatic N) is 1. The summed E-state index contributed by atoms with van der Waals surface area (Å²) in [5, 5.41) is 25.8. The van der Waals surface area contributed by atoms with Gasteiger partial charge in [0.05, 0.1) is 7.11 Å².